The summed E-state index contributed by atoms with van der Waals surface area (Å²) in [7, 11) is 0. The summed E-state index contributed by atoms with van der Waals surface area (Å²) in [5.74, 6) is -3.76. The molecular weight excluding hydrogens is 484 g/mol. The number of aliphatic hydroxyl groups is 3. The molecule has 36 heavy (non-hydrogen) atoms. The first-order valence-corrected chi connectivity index (χ1v) is 10.5. The molecular formula is C23H22O13. The summed E-state index contributed by atoms with van der Waals surface area (Å²) in [6.07, 6.45) is -7.95. The number of carbonyl (C=O) groups is 1. The molecule has 7 N–H and O–H groups in total. The minimum atomic E-state index is -1.76. The van der Waals surface area contributed by atoms with E-state index in [1.54, 1.807) is 0 Å². The van der Waals surface area contributed by atoms with Gasteiger partial charge in [-0.2, -0.15) is 0 Å². The van der Waals surface area contributed by atoms with Gasteiger partial charge in [0.05, 0.1) is 0 Å². The maximum Gasteiger partial charge on any atom is 0.302 e. The Hall–Kier alpha value is -4.04. The van der Waals surface area contributed by atoms with Crippen LogP contribution in [0.5, 0.6) is 28.7 Å². The minimum Gasteiger partial charge on any atom is -0.507 e. The zero-order valence-electron chi connectivity index (χ0n) is 18.6. The van der Waals surface area contributed by atoms with E-state index >= 15 is 0 Å². The molecule has 0 bridgehead atoms. The number of phenols is 3. The summed E-state index contributed by atoms with van der Waals surface area (Å²) >= 11 is 0. The van der Waals surface area contributed by atoms with Crippen molar-refractivity contribution in [3.05, 3.63) is 40.6 Å². The zero-order chi connectivity index (χ0) is 26.3. The molecule has 2 heterocycles. The van der Waals surface area contributed by atoms with Gasteiger partial charge in [-0.15, -0.1) is 0 Å². The van der Waals surface area contributed by atoms with E-state index in [4.69, 9.17) is 18.6 Å². The van der Waals surface area contributed by atoms with Gasteiger partial charge in [0.1, 0.15) is 53.5 Å². The average molecular weight is 506 g/mol. The monoisotopic (exact) mass is 506 g/mol. The van der Waals surface area contributed by atoms with E-state index < -0.39 is 77.1 Å². The first kappa shape index (κ1) is 25.1. The highest BCUT2D eigenvalue weighted by Crippen LogP contribution is 2.38. The molecule has 5 atom stereocenters. The third-order valence-electron chi connectivity index (χ3n) is 5.53. The Morgan fingerprint density at radius 2 is 1.67 bits per heavy atom. The van der Waals surface area contributed by atoms with Gasteiger partial charge in [-0.25, -0.2) is 0 Å². The van der Waals surface area contributed by atoms with E-state index in [2.05, 4.69) is 0 Å². The van der Waals surface area contributed by atoms with Crippen LogP contribution in [0.25, 0.3) is 22.3 Å². The van der Waals surface area contributed by atoms with Crippen molar-refractivity contribution in [1.82, 2.24) is 0 Å². The van der Waals surface area contributed by atoms with Gasteiger partial charge in [0.25, 0.3) is 0 Å². The lowest BCUT2D eigenvalue weighted by Crippen LogP contribution is -2.60. The van der Waals surface area contributed by atoms with E-state index in [1.165, 1.54) is 6.07 Å². The minimum absolute atomic E-state index is 0.0315. The number of fused-ring (bicyclic) bond motifs is 1. The normalized spacial score (nSPS) is 23.9. The van der Waals surface area contributed by atoms with Gasteiger partial charge >= 0.3 is 5.97 Å². The molecule has 2 aromatic carbocycles. The number of hydrogen-bond donors (Lipinski definition) is 7. The quantitative estimate of drug-likeness (QED) is 0.180. The summed E-state index contributed by atoms with van der Waals surface area (Å²) in [4.78, 5) is 23.8. The first-order valence-electron chi connectivity index (χ1n) is 10.5. The number of aliphatic hydroxyl groups excluding tert-OH is 3. The molecule has 1 saturated heterocycles. The van der Waals surface area contributed by atoms with Gasteiger partial charge in [-0.3, -0.25) is 9.59 Å². The van der Waals surface area contributed by atoms with Gasteiger partial charge < -0.3 is 54.4 Å². The molecule has 13 heteroatoms. The number of rotatable bonds is 5. The highest BCUT2D eigenvalue weighted by molar-refractivity contribution is 5.88. The summed E-state index contributed by atoms with van der Waals surface area (Å²) in [5, 5.41) is 70.1. The highest BCUT2D eigenvalue weighted by Gasteiger charge is 2.45. The Balaban J connectivity index is 1.70. The number of phenolic OH excluding ortho intramolecular Hbond substituents is 3. The number of carbonyl (C=O) groups excluding carboxylic acids is 1. The molecule has 0 spiro atoms. The van der Waals surface area contributed by atoms with E-state index in [9.17, 15) is 45.3 Å². The highest BCUT2D eigenvalue weighted by atomic mass is 16.7. The summed E-state index contributed by atoms with van der Waals surface area (Å²) < 4.78 is 21.3. The first-order chi connectivity index (χ1) is 17.0. The number of aromatic hydroxyl groups is 4. The fourth-order valence-electron chi connectivity index (χ4n) is 3.68. The Kier molecular flexibility index (Phi) is 6.65. The second-order valence-corrected chi connectivity index (χ2v) is 8.06. The maximum atomic E-state index is 12.7. The third kappa shape index (κ3) is 4.59. The largest absolute Gasteiger partial charge is 0.507 e. The van der Waals surface area contributed by atoms with Crippen LogP contribution in [0.4, 0.5) is 0 Å². The fraction of sp³-hybridized carbons (Fsp3) is 0.304. The SMILES string of the molecule is CC(=O)OCC1OC(Oc2cc(O)c3c(=O)c(O)c(-c4ccc(O)c(O)c4)oc3c2)C(O)C(O)C1O. The number of hydrogen-bond acceptors (Lipinski definition) is 13. The summed E-state index contributed by atoms with van der Waals surface area (Å²) in [5.41, 5.74) is -1.24. The number of esters is 1. The summed E-state index contributed by atoms with van der Waals surface area (Å²) in [6, 6.07) is 5.52. The second kappa shape index (κ2) is 9.54. The summed E-state index contributed by atoms with van der Waals surface area (Å²) in [6.45, 7) is 0.686. The molecule has 5 unspecified atom stereocenters. The smallest absolute Gasteiger partial charge is 0.302 e. The van der Waals surface area contributed by atoms with Crippen LogP contribution in [0.15, 0.2) is 39.5 Å². The standard InChI is InChI=1S/C23H22O13/c1-8(24)33-7-15-17(28)19(30)21(32)23(36-15)34-10-5-13(27)16-14(6-10)35-22(20(31)18(16)29)9-2-3-11(25)12(26)4-9/h2-6,15,17,19,21,23,25-28,30-32H,7H2,1H3. The van der Waals surface area contributed by atoms with Crippen LogP contribution in [0, 0.1) is 0 Å². The molecule has 0 amide bonds. The van der Waals surface area contributed by atoms with Crippen LogP contribution >= 0.6 is 0 Å². The van der Waals surface area contributed by atoms with Crippen molar-refractivity contribution in [3.8, 4) is 40.1 Å². The van der Waals surface area contributed by atoms with Crippen LogP contribution in [-0.4, -0.2) is 79.0 Å². The van der Waals surface area contributed by atoms with E-state index in [-0.39, 0.29) is 22.7 Å². The van der Waals surface area contributed by atoms with Gasteiger partial charge in [-0.05, 0) is 18.2 Å². The molecule has 1 aliphatic rings. The van der Waals surface area contributed by atoms with Crippen LogP contribution in [0.3, 0.4) is 0 Å². The topological polar surface area (TPSA) is 217 Å². The predicted octanol–water partition coefficient (Wildman–Crippen LogP) is 0.0319. The average Bonchev–Trinajstić information content (AvgIpc) is 2.82. The van der Waals surface area contributed by atoms with E-state index in [0.29, 0.717) is 0 Å². The van der Waals surface area contributed by atoms with Crippen LogP contribution < -0.4 is 10.2 Å². The lowest BCUT2D eigenvalue weighted by Gasteiger charge is -2.39. The molecule has 1 aliphatic heterocycles. The Labute approximate surface area is 201 Å². The van der Waals surface area contributed by atoms with Gasteiger partial charge in [-0.1, -0.05) is 0 Å². The van der Waals surface area contributed by atoms with Crippen molar-refractivity contribution >= 4 is 16.9 Å². The van der Waals surface area contributed by atoms with Crippen molar-refractivity contribution in [2.24, 2.45) is 0 Å². The molecule has 3 aromatic rings. The Morgan fingerprint density at radius 3 is 2.33 bits per heavy atom. The number of ether oxygens (including phenoxy) is 3. The van der Waals surface area contributed by atoms with Crippen molar-refractivity contribution < 1.29 is 59.2 Å². The fourth-order valence-corrected chi connectivity index (χ4v) is 3.68. The van der Waals surface area contributed by atoms with E-state index in [1.807, 2.05) is 0 Å². The molecule has 192 valence electrons. The molecule has 0 aliphatic carbocycles. The molecule has 1 aromatic heterocycles. The lowest BCUT2D eigenvalue weighted by atomic mass is 9.99. The van der Waals surface area contributed by atoms with Gasteiger partial charge in [0.15, 0.2) is 17.3 Å². The van der Waals surface area contributed by atoms with Crippen LogP contribution in [0.1, 0.15) is 6.92 Å². The Bertz CT molecular complexity index is 1360. The zero-order valence-corrected chi connectivity index (χ0v) is 18.6. The van der Waals surface area contributed by atoms with E-state index in [0.717, 1.165) is 31.2 Å². The van der Waals surface area contributed by atoms with Crippen molar-refractivity contribution in [2.75, 3.05) is 6.61 Å². The van der Waals surface area contributed by atoms with Crippen molar-refractivity contribution in [3.63, 3.8) is 0 Å². The van der Waals surface area contributed by atoms with Crippen molar-refractivity contribution in [2.45, 2.75) is 37.6 Å². The predicted molar refractivity (Wildman–Crippen MR) is 119 cm³/mol. The third-order valence-corrected chi connectivity index (χ3v) is 5.53. The van der Waals surface area contributed by atoms with Crippen molar-refractivity contribution in [1.29, 1.82) is 0 Å². The lowest BCUT2D eigenvalue weighted by molar-refractivity contribution is -0.278. The van der Waals surface area contributed by atoms with Gasteiger partial charge in [0, 0.05) is 24.6 Å². The van der Waals surface area contributed by atoms with Crippen LogP contribution in [0.2, 0.25) is 0 Å². The molecule has 4 rings (SSSR count). The number of benzene rings is 2. The van der Waals surface area contributed by atoms with Crippen LogP contribution in [-0.2, 0) is 14.3 Å². The molecule has 0 radical (unpaired) electrons. The molecule has 13 nitrogen and oxygen atoms in total. The Morgan fingerprint density at radius 1 is 0.944 bits per heavy atom. The second-order valence-electron chi connectivity index (χ2n) is 8.06. The molecule has 0 saturated carbocycles. The van der Waals surface area contributed by atoms with Gasteiger partial charge in [0.2, 0.25) is 17.5 Å². The maximum absolute atomic E-state index is 12.7. The molecule has 1 fully saturated rings.